The van der Waals surface area contributed by atoms with E-state index in [0.717, 1.165) is 78.1 Å². The van der Waals surface area contributed by atoms with Crippen LogP contribution in [0.25, 0.3) is 22.3 Å². The van der Waals surface area contributed by atoms with E-state index in [0.29, 0.717) is 0 Å². The van der Waals surface area contributed by atoms with Gasteiger partial charge in [0.15, 0.2) is 0 Å². The molecular weight excluding hydrogens is 585 g/mol. The Balaban J connectivity index is 1.38. The molecule has 0 saturated carbocycles. The van der Waals surface area contributed by atoms with Gasteiger partial charge < -0.3 is 4.98 Å². The van der Waals surface area contributed by atoms with Crippen molar-refractivity contribution in [3.8, 4) is 0 Å². The first-order chi connectivity index (χ1) is 23.8. The Labute approximate surface area is 279 Å². The Morgan fingerprint density at radius 2 is 0.771 bits per heavy atom. The molecular formula is C44H32N4. The lowest BCUT2D eigenvalue weighted by Gasteiger charge is -2.22. The highest BCUT2D eigenvalue weighted by Gasteiger charge is 2.30. The Morgan fingerprint density at radius 1 is 0.396 bits per heavy atom. The maximum absolute atomic E-state index is 5.38. The second kappa shape index (κ2) is 11.9. The van der Waals surface area contributed by atoms with E-state index in [-0.39, 0.29) is 12.1 Å². The molecule has 0 spiro atoms. The number of fused-ring (bicyclic) bond motifs is 6. The lowest BCUT2D eigenvalue weighted by molar-refractivity contribution is 0.720. The zero-order valence-corrected chi connectivity index (χ0v) is 26.2. The van der Waals surface area contributed by atoms with Crippen LogP contribution in [-0.2, 0) is 0 Å². The van der Waals surface area contributed by atoms with Gasteiger partial charge >= 0.3 is 0 Å². The fraction of sp³-hybridized carbons (Fsp3) is 0.0455. The summed E-state index contributed by atoms with van der Waals surface area (Å²) in [6.45, 7) is 0. The summed E-state index contributed by atoms with van der Waals surface area (Å²) in [6.07, 6.45) is 13.2. The molecule has 9 rings (SSSR count). The summed E-state index contributed by atoms with van der Waals surface area (Å²) in [6, 6.07) is 46.6. The molecule has 0 fully saturated rings. The lowest BCUT2D eigenvalue weighted by atomic mass is 9.96. The van der Waals surface area contributed by atoms with Crippen molar-refractivity contribution in [1.29, 1.82) is 0 Å². The molecule has 8 bridgehead atoms. The number of nitrogens with one attached hydrogen (secondary N) is 2. The van der Waals surface area contributed by atoms with E-state index in [1.54, 1.807) is 0 Å². The molecule has 4 nitrogen and oxygen atoms in total. The van der Waals surface area contributed by atoms with Crippen molar-refractivity contribution < 1.29 is 0 Å². The molecule has 4 aliphatic rings. The van der Waals surface area contributed by atoms with Gasteiger partial charge in [-0.05, 0) is 58.7 Å². The SMILES string of the molecule is C1=C/C2=C(\c3ccccc3)C3C=CC(N3)/C(c3ccccc3)=C3/C=CC(=N3)/C(c3ccccc3)=c3/cc/c([nH]3)=C(\c3ccccc3)C1=N2. The second-order valence-corrected chi connectivity index (χ2v) is 12.3. The molecule has 5 heterocycles. The third-order valence-corrected chi connectivity index (χ3v) is 9.34. The minimum Gasteiger partial charge on any atom is -0.354 e. The minimum absolute atomic E-state index is 0.0510. The van der Waals surface area contributed by atoms with Crippen molar-refractivity contribution in [2.75, 3.05) is 0 Å². The molecule has 48 heavy (non-hydrogen) atoms. The molecule has 2 unspecified atom stereocenters. The van der Waals surface area contributed by atoms with Crippen molar-refractivity contribution in [1.82, 2.24) is 10.3 Å². The van der Waals surface area contributed by atoms with E-state index in [2.05, 4.69) is 180 Å². The van der Waals surface area contributed by atoms with Gasteiger partial charge in [0.2, 0.25) is 0 Å². The summed E-state index contributed by atoms with van der Waals surface area (Å²) in [5.41, 5.74) is 12.7. The molecule has 228 valence electrons. The summed E-state index contributed by atoms with van der Waals surface area (Å²) >= 11 is 0. The van der Waals surface area contributed by atoms with Crippen molar-refractivity contribution in [2.45, 2.75) is 12.1 Å². The Kier molecular flexibility index (Phi) is 6.99. The summed E-state index contributed by atoms with van der Waals surface area (Å²) in [5, 5.41) is 5.98. The fourth-order valence-corrected chi connectivity index (χ4v) is 7.18. The molecule has 4 heteroatoms. The number of aliphatic imine (C=N–C) groups is 2. The number of allylic oxidation sites excluding steroid dienone is 4. The van der Waals surface area contributed by atoms with Crippen LogP contribution in [0.1, 0.15) is 22.3 Å². The van der Waals surface area contributed by atoms with Gasteiger partial charge in [-0.1, -0.05) is 133 Å². The van der Waals surface area contributed by atoms with Gasteiger partial charge in [-0.3, -0.25) is 5.32 Å². The minimum atomic E-state index is -0.0510. The second-order valence-electron chi connectivity index (χ2n) is 12.3. The molecule has 4 aliphatic heterocycles. The monoisotopic (exact) mass is 616 g/mol. The lowest BCUT2D eigenvalue weighted by Crippen LogP contribution is -2.33. The molecule has 0 amide bonds. The van der Waals surface area contributed by atoms with Crippen LogP contribution in [0.2, 0.25) is 0 Å². The fourth-order valence-electron chi connectivity index (χ4n) is 7.18. The smallest absolute Gasteiger partial charge is 0.0737 e. The van der Waals surface area contributed by atoms with Gasteiger partial charge in [0.05, 0.1) is 34.9 Å². The predicted octanol–water partition coefficient (Wildman–Crippen LogP) is 7.17. The van der Waals surface area contributed by atoms with Crippen LogP contribution < -0.4 is 16.0 Å². The van der Waals surface area contributed by atoms with Crippen LogP contribution in [0.4, 0.5) is 0 Å². The summed E-state index contributed by atoms with van der Waals surface area (Å²) in [5.74, 6) is 0. The van der Waals surface area contributed by atoms with E-state index in [9.17, 15) is 0 Å². The van der Waals surface area contributed by atoms with E-state index in [4.69, 9.17) is 9.98 Å². The topological polar surface area (TPSA) is 52.5 Å². The zero-order chi connectivity index (χ0) is 31.9. The average molecular weight is 617 g/mol. The van der Waals surface area contributed by atoms with Crippen molar-refractivity contribution in [3.63, 3.8) is 0 Å². The number of H-pyrrole nitrogens is 1. The van der Waals surface area contributed by atoms with Gasteiger partial charge in [-0.2, -0.15) is 0 Å². The largest absolute Gasteiger partial charge is 0.354 e. The van der Waals surface area contributed by atoms with E-state index in [1.807, 2.05) is 0 Å². The van der Waals surface area contributed by atoms with Crippen LogP contribution in [-0.4, -0.2) is 28.5 Å². The van der Waals surface area contributed by atoms with Crippen molar-refractivity contribution >= 4 is 33.7 Å². The average Bonchev–Trinajstić information content (AvgIpc) is 3.98. The highest BCUT2D eigenvalue weighted by Crippen LogP contribution is 2.36. The van der Waals surface area contributed by atoms with Gasteiger partial charge in [-0.25, -0.2) is 9.98 Å². The van der Waals surface area contributed by atoms with Crippen molar-refractivity contribution in [3.05, 3.63) is 214 Å². The van der Waals surface area contributed by atoms with Crippen LogP contribution in [0.15, 0.2) is 191 Å². The molecule has 1 aromatic heterocycles. The highest BCUT2D eigenvalue weighted by atomic mass is 15.0. The summed E-state index contributed by atoms with van der Waals surface area (Å²) in [7, 11) is 0. The third kappa shape index (κ3) is 5.00. The number of hydrogen-bond acceptors (Lipinski definition) is 3. The number of aromatic amines is 1. The molecule has 5 aromatic rings. The molecule has 0 saturated heterocycles. The number of hydrogen-bond donors (Lipinski definition) is 2. The molecule has 0 aliphatic carbocycles. The first-order valence-electron chi connectivity index (χ1n) is 16.4. The van der Waals surface area contributed by atoms with E-state index < -0.39 is 0 Å². The normalized spacial score (nSPS) is 25.0. The van der Waals surface area contributed by atoms with Crippen molar-refractivity contribution in [2.24, 2.45) is 9.98 Å². The zero-order valence-electron chi connectivity index (χ0n) is 26.2. The first kappa shape index (κ1) is 28.1. The molecule has 2 atom stereocenters. The Bertz CT molecular complexity index is 2220. The molecule has 4 aromatic carbocycles. The van der Waals surface area contributed by atoms with Gasteiger partial charge in [0.1, 0.15) is 0 Å². The summed E-state index contributed by atoms with van der Waals surface area (Å²) in [4.78, 5) is 14.6. The number of nitrogens with zero attached hydrogens (tertiary/aromatic N) is 2. The molecule has 0 radical (unpaired) electrons. The third-order valence-electron chi connectivity index (χ3n) is 9.34. The molecule has 2 N–H and O–H groups in total. The van der Waals surface area contributed by atoms with E-state index in [1.165, 1.54) is 0 Å². The summed E-state index contributed by atoms with van der Waals surface area (Å²) < 4.78 is 0. The number of aromatic nitrogens is 1. The van der Waals surface area contributed by atoms with E-state index >= 15 is 0 Å². The number of rotatable bonds is 4. The quantitative estimate of drug-likeness (QED) is 0.207. The van der Waals surface area contributed by atoms with Crippen LogP contribution >= 0.6 is 0 Å². The van der Waals surface area contributed by atoms with Crippen LogP contribution in [0.5, 0.6) is 0 Å². The van der Waals surface area contributed by atoms with Crippen LogP contribution in [0.3, 0.4) is 0 Å². The maximum atomic E-state index is 5.38. The first-order valence-corrected chi connectivity index (χ1v) is 16.4. The Hall–Kier alpha value is -6.10. The van der Waals surface area contributed by atoms with Crippen LogP contribution in [0, 0.1) is 0 Å². The maximum Gasteiger partial charge on any atom is 0.0737 e. The standard InChI is InChI=1S/C44H32N4/c1-5-13-29(14-6-1)41-33-21-23-35(45-33)42(30-15-7-2-8-16-30)37-25-27-39(47-37)44(32-19-11-4-12-20-32)40-28-26-38(48-40)43(31-17-9-3-10-18-31)36-24-22-34(41)46-36/h1-28,33,35,45,48H/b41-34-,42-37-,43-38-,44-40-. The van der Waals surface area contributed by atoms with Gasteiger partial charge in [-0.15, -0.1) is 0 Å². The predicted molar refractivity (Wildman–Crippen MR) is 198 cm³/mol. The highest BCUT2D eigenvalue weighted by molar-refractivity contribution is 6.31. The van der Waals surface area contributed by atoms with Gasteiger partial charge in [0, 0.05) is 33.0 Å². The van der Waals surface area contributed by atoms with Gasteiger partial charge in [0.25, 0.3) is 0 Å². The number of benzene rings is 4. The Morgan fingerprint density at radius 3 is 1.17 bits per heavy atom.